The topological polar surface area (TPSA) is 65.6 Å². The van der Waals surface area contributed by atoms with Crippen molar-refractivity contribution in [3.05, 3.63) is 69.8 Å². The Balaban J connectivity index is 1.67. The third-order valence-corrected chi connectivity index (χ3v) is 4.91. The zero-order chi connectivity index (χ0) is 18.8. The van der Waals surface area contributed by atoms with E-state index in [1.807, 2.05) is 28.8 Å². The average Bonchev–Trinajstić information content (AvgIpc) is 3.43. The molecule has 1 fully saturated rings. The summed E-state index contributed by atoms with van der Waals surface area (Å²) in [5.74, 6) is -0.155. The predicted molar refractivity (Wildman–Crippen MR) is 102 cm³/mol. The van der Waals surface area contributed by atoms with Crippen LogP contribution in [0.15, 0.2) is 47.4 Å². The second-order valence-electron chi connectivity index (χ2n) is 6.96. The Bertz CT molecular complexity index is 1020. The summed E-state index contributed by atoms with van der Waals surface area (Å²) >= 11 is 0. The molecule has 0 N–H and O–H groups in total. The van der Waals surface area contributed by atoms with Crippen molar-refractivity contribution in [1.82, 2.24) is 14.2 Å². The first-order valence-corrected chi connectivity index (χ1v) is 9.51. The summed E-state index contributed by atoms with van der Waals surface area (Å²) in [6.07, 6.45) is 5.67. The van der Waals surface area contributed by atoms with Crippen LogP contribution in [0.2, 0.25) is 0 Å². The van der Waals surface area contributed by atoms with Gasteiger partial charge in [0.15, 0.2) is 0 Å². The van der Waals surface area contributed by atoms with Crippen molar-refractivity contribution in [2.45, 2.75) is 45.1 Å². The highest BCUT2D eigenvalue weighted by Crippen LogP contribution is 2.39. The molecule has 6 nitrogen and oxygen atoms in total. The molecule has 3 aromatic rings. The van der Waals surface area contributed by atoms with Gasteiger partial charge in [-0.15, -0.1) is 0 Å². The van der Waals surface area contributed by atoms with E-state index in [4.69, 9.17) is 4.74 Å². The van der Waals surface area contributed by atoms with Gasteiger partial charge in [-0.05, 0) is 38.2 Å². The average molecular weight is 365 g/mol. The molecule has 0 spiro atoms. The molecule has 0 radical (unpaired) electrons. The molecule has 1 aromatic carbocycles. The molecule has 27 heavy (non-hydrogen) atoms. The van der Waals surface area contributed by atoms with Gasteiger partial charge in [-0.25, -0.2) is 4.79 Å². The highest BCUT2D eigenvalue weighted by atomic mass is 16.5. The fourth-order valence-electron chi connectivity index (χ4n) is 3.34. The maximum absolute atomic E-state index is 12.7. The molecule has 0 unspecified atom stereocenters. The number of nitrogens with zero attached hydrogens (tertiary/aromatic N) is 3. The zero-order valence-electron chi connectivity index (χ0n) is 15.4. The Morgan fingerprint density at radius 3 is 2.74 bits per heavy atom. The normalized spacial score (nSPS) is 13.8. The number of hydrogen-bond donors (Lipinski definition) is 0. The summed E-state index contributed by atoms with van der Waals surface area (Å²) < 4.78 is 8.38. The predicted octanol–water partition coefficient (Wildman–Crippen LogP) is 3.18. The zero-order valence-corrected chi connectivity index (χ0v) is 15.4. The van der Waals surface area contributed by atoms with Gasteiger partial charge in [0.25, 0.3) is 5.56 Å². The molecular weight excluding hydrogens is 342 g/mol. The number of hydrogen-bond acceptors (Lipinski definition) is 4. The van der Waals surface area contributed by atoms with Crippen LogP contribution in [0.4, 0.5) is 0 Å². The Hall–Kier alpha value is -2.89. The van der Waals surface area contributed by atoms with Gasteiger partial charge in [-0.1, -0.05) is 30.3 Å². The molecule has 4 rings (SSSR count). The van der Waals surface area contributed by atoms with Crippen molar-refractivity contribution in [3.8, 4) is 0 Å². The quantitative estimate of drug-likeness (QED) is 0.603. The standard InChI is InChI=1S/C21H23N3O3/c1-2-27-21(26)17-14-23(12-6-9-15-7-4-3-5-8-15)19-13-18(16-10-11-16)22-24(19)20(17)25/h3-5,7-8,13-14,16H,2,6,9-12H2,1H3. The van der Waals surface area contributed by atoms with Crippen LogP contribution in [-0.4, -0.2) is 26.8 Å². The molecule has 0 bridgehead atoms. The van der Waals surface area contributed by atoms with E-state index in [0.717, 1.165) is 37.0 Å². The first kappa shape index (κ1) is 17.5. The lowest BCUT2D eigenvalue weighted by Crippen LogP contribution is -2.27. The van der Waals surface area contributed by atoms with Gasteiger partial charge >= 0.3 is 5.97 Å². The Labute approximate surface area is 157 Å². The van der Waals surface area contributed by atoms with Crippen molar-refractivity contribution in [1.29, 1.82) is 0 Å². The summed E-state index contributed by atoms with van der Waals surface area (Å²) in [6, 6.07) is 12.3. The number of carbonyl (C=O) groups is 1. The fraction of sp³-hybridized carbons (Fsp3) is 0.381. The van der Waals surface area contributed by atoms with Crippen molar-refractivity contribution in [2.75, 3.05) is 6.61 Å². The lowest BCUT2D eigenvalue weighted by atomic mass is 10.1. The number of esters is 1. The lowest BCUT2D eigenvalue weighted by molar-refractivity contribution is 0.0522. The minimum Gasteiger partial charge on any atom is -0.462 e. The van der Waals surface area contributed by atoms with E-state index in [1.165, 1.54) is 10.1 Å². The Kier molecular flexibility index (Phi) is 4.79. The van der Waals surface area contributed by atoms with Crippen molar-refractivity contribution >= 4 is 11.6 Å². The Morgan fingerprint density at radius 2 is 2.04 bits per heavy atom. The molecule has 2 aromatic heterocycles. The van der Waals surface area contributed by atoms with Crippen LogP contribution >= 0.6 is 0 Å². The van der Waals surface area contributed by atoms with Gasteiger partial charge in [0, 0.05) is 24.7 Å². The highest BCUT2D eigenvalue weighted by molar-refractivity contribution is 5.88. The first-order valence-electron chi connectivity index (χ1n) is 9.51. The second kappa shape index (κ2) is 7.39. The first-order chi connectivity index (χ1) is 13.2. The molecule has 140 valence electrons. The summed E-state index contributed by atoms with van der Waals surface area (Å²) in [7, 11) is 0. The van der Waals surface area contributed by atoms with Gasteiger partial charge in [-0.2, -0.15) is 9.61 Å². The molecule has 1 aliphatic rings. The number of rotatable bonds is 7. The molecule has 6 heteroatoms. The second-order valence-corrected chi connectivity index (χ2v) is 6.96. The minimum atomic E-state index is -0.593. The van der Waals surface area contributed by atoms with Gasteiger partial charge in [0.1, 0.15) is 11.2 Å². The van der Waals surface area contributed by atoms with Crippen LogP contribution in [0.25, 0.3) is 5.65 Å². The van der Waals surface area contributed by atoms with Gasteiger partial charge in [-0.3, -0.25) is 4.79 Å². The SMILES string of the molecule is CCOC(=O)c1cn(CCCc2ccccc2)c2cc(C3CC3)nn2c1=O. The van der Waals surface area contributed by atoms with E-state index < -0.39 is 11.5 Å². The molecule has 0 atom stereocenters. The van der Waals surface area contributed by atoms with E-state index in [-0.39, 0.29) is 12.2 Å². The number of aryl methyl sites for hydroxylation is 2. The molecule has 0 aliphatic heterocycles. The molecule has 0 saturated heterocycles. The van der Waals surface area contributed by atoms with Crippen molar-refractivity contribution < 1.29 is 9.53 Å². The van der Waals surface area contributed by atoms with Crippen LogP contribution < -0.4 is 5.56 Å². The molecular formula is C21H23N3O3. The smallest absolute Gasteiger partial charge is 0.345 e. The van der Waals surface area contributed by atoms with Gasteiger partial charge < -0.3 is 9.30 Å². The number of carbonyl (C=O) groups excluding carboxylic acids is 1. The summed E-state index contributed by atoms with van der Waals surface area (Å²) in [5.41, 5.74) is 2.57. The molecule has 1 aliphatic carbocycles. The lowest BCUT2D eigenvalue weighted by Gasteiger charge is -2.11. The van der Waals surface area contributed by atoms with Crippen molar-refractivity contribution in [3.63, 3.8) is 0 Å². The van der Waals surface area contributed by atoms with E-state index >= 15 is 0 Å². The van der Waals surface area contributed by atoms with Crippen LogP contribution in [0.3, 0.4) is 0 Å². The Morgan fingerprint density at radius 1 is 1.26 bits per heavy atom. The maximum atomic E-state index is 12.7. The minimum absolute atomic E-state index is 0.0366. The maximum Gasteiger partial charge on any atom is 0.345 e. The van der Waals surface area contributed by atoms with Gasteiger partial charge in [0.2, 0.25) is 0 Å². The van der Waals surface area contributed by atoms with Gasteiger partial charge in [0.05, 0.1) is 12.3 Å². The molecule has 0 amide bonds. The molecule has 2 heterocycles. The number of fused-ring (bicyclic) bond motifs is 1. The van der Waals surface area contributed by atoms with E-state index in [0.29, 0.717) is 12.5 Å². The van der Waals surface area contributed by atoms with Crippen LogP contribution in [0, 0.1) is 0 Å². The third kappa shape index (κ3) is 3.65. The van der Waals surface area contributed by atoms with Crippen LogP contribution in [0.5, 0.6) is 0 Å². The number of aromatic nitrogens is 3. The molecule has 1 saturated carbocycles. The number of benzene rings is 1. The van der Waals surface area contributed by atoms with Crippen molar-refractivity contribution in [2.24, 2.45) is 0 Å². The van der Waals surface area contributed by atoms with E-state index in [1.54, 1.807) is 13.1 Å². The monoisotopic (exact) mass is 365 g/mol. The highest BCUT2D eigenvalue weighted by Gasteiger charge is 2.28. The third-order valence-electron chi connectivity index (χ3n) is 4.91. The summed E-state index contributed by atoms with van der Waals surface area (Å²) in [5, 5.41) is 4.48. The fourth-order valence-corrected chi connectivity index (χ4v) is 3.34. The van der Waals surface area contributed by atoms with E-state index in [9.17, 15) is 9.59 Å². The summed E-state index contributed by atoms with van der Waals surface area (Å²) in [6.45, 7) is 2.66. The number of ether oxygens (including phenoxy) is 1. The van der Waals surface area contributed by atoms with Crippen LogP contribution in [0.1, 0.15) is 53.7 Å². The largest absolute Gasteiger partial charge is 0.462 e. The van der Waals surface area contributed by atoms with E-state index in [2.05, 4.69) is 17.2 Å². The summed E-state index contributed by atoms with van der Waals surface area (Å²) in [4.78, 5) is 25.0. The van der Waals surface area contributed by atoms with Crippen LogP contribution in [-0.2, 0) is 17.7 Å².